The number of pyridine rings is 1. The van der Waals surface area contributed by atoms with Crippen molar-refractivity contribution in [3.63, 3.8) is 0 Å². The summed E-state index contributed by atoms with van der Waals surface area (Å²) in [7, 11) is 0.141. The fourth-order valence-electron chi connectivity index (χ4n) is 8.49. The maximum atomic E-state index is 15.3. The summed E-state index contributed by atoms with van der Waals surface area (Å²) < 4.78 is 140. The number of fused-ring (bicyclic) bond motifs is 2. The second-order valence-corrected chi connectivity index (χ2v) is 21.1. The van der Waals surface area contributed by atoms with E-state index in [4.69, 9.17) is 85.3 Å². The highest BCUT2D eigenvalue weighted by molar-refractivity contribution is 7.85. The molecular formula is C61H94NO23S+. The highest BCUT2D eigenvalue weighted by Crippen LogP contribution is 2.34. The van der Waals surface area contributed by atoms with Crippen molar-refractivity contribution in [2.45, 2.75) is 65.7 Å². The number of methoxy groups -OCH3 is 3. The molecule has 0 unspecified atom stereocenters. The Balaban J connectivity index is 1.78. The van der Waals surface area contributed by atoms with Crippen molar-refractivity contribution < 1.29 is 112 Å². The fraction of sp³-hybridized carbons (Fsp3) is 0.656. The van der Waals surface area contributed by atoms with E-state index >= 15 is 4.79 Å². The molecule has 0 fully saturated rings. The first-order valence-electron chi connectivity index (χ1n) is 29.4. The smallest absolute Gasteiger partial charge is 0.345 e. The van der Waals surface area contributed by atoms with Gasteiger partial charge in [-0.15, -0.1) is 0 Å². The third-order valence-corrected chi connectivity index (χ3v) is 13.3. The SMILES string of the molecule is CCCOCCOCCOCC(COCCOCCOCCC)Oc1ccc2c(c1)c(C(=O)Oc1c(C)cc(C(=O)OC)cc1C)c1cc(OC(COCCOCCOCCOC)COCCOCCOCCOC)ccc1[n+]2CCCS(=O)(=O)O. The maximum Gasteiger partial charge on any atom is 0.345 e. The molecule has 1 aromatic heterocycles. The molecule has 0 saturated heterocycles. The van der Waals surface area contributed by atoms with Crippen LogP contribution in [0.15, 0.2) is 48.5 Å². The Hall–Kier alpha value is -4.78. The zero-order valence-electron chi connectivity index (χ0n) is 51.5. The van der Waals surface area contributed by atoms with Gasteiger partial charge in [-0.3, -0.25) is 4.55 Å². The predicted molar refractivity (Wildman–Crippen MR) is 318 cm³/mol. The Kier molecular flexibility index (Phi) is 38.2. The number of carbonyl (C=O) groups excluding carboxylic acids is 2. The Morgan fingerprint density at radius 3 is 1.16 bits per heavy atom. The van der Waals surface area contributed by atoms with Crippen LogP contribution in [0.4, 0.5) is 0 Å². The number of ether oxygens (including phenoxy) is 18. The Labute approximate surface area is 507 Å². The molecule has 0 radical (unpaired) electrons. The Bertz CT molecular complexity index is 2560. The normalized spacial score (nSPS) is 11.9. The quantitative estimate of drug-likeness (QED) is 0.0133. The summed E-state index contributed by atoms with van der Waals surface area (Å²) >= 11 is 0. The first-order valence-corrected chi connectivity index (χ1v) is 31.0. The lowest BCUT2D eigenvalue weighted by atomic mass is 10.0. The molecule has 0 bridgehead atoms. The molecule has 1 N–H and O–H groups in total. The predicted octanol–water partition coefficient (Wildman–Crippen LogP) is 5.99. The van der Waals surface area contributed by atoms with Gasteiger partial charge in [0.25, 0.3) is 10.1 Å². The van der Waals surface area contributed by atoms with E-state index in [1.54, 1.807) is 76.6 Å². The topological polar surface area (TPSA) is 259 Å². The molecule has 0 spiro atoms. The molecular weight excluding hydrogens is 1150 g/mol. The van der Waals surface area contributed by atoms with Crippen molar-refractivity contribution >= 4 is 43.9 Å². The summed E-state index contributed by atoms with van der Waals surface area (Å²) in [6, 6.07) is 13.6. The van der Waals surface area contributed by atoms with Gasteiger partial charge in [0.05, 0.1) is 193 Å². The van der Waals surface area contributed by atoms with Crippen molar-refractivity contribution in [3.8, 4) is 17.2 Å². The maximum absolute atomic E-state index is 15.3. The number of nitrogens with zero attached hydrogens (tertiary/aromatic N) is 1. The van der Waals surface area contributed by atoms with Crippen LogP contribution < -0.4 is 18.8 Å². The number of carbonyl (C=O) groups is 2. The zero-order valence-corrected chi connectivity index (χ0v) is 52.3. The molecule has 0 amide bonds. The molecule has 486 valence electrons. The number of rotatable bonds is 53. The molecule has 0 aliphatic heterocycles. The van der Waals surface area contributed by atoms with Crippen LogP contribution in [-0.2, 0) is 87.7 Å². The van der Waals surface area contributed by atoms with Crippen molar-refractivity contribution in [1.82, 2.24) is 0 Å². The summed E-state index contributed by atoms with van der Waals surface area (Å²) in [5, 5.41) is 0.719. The molecule has 4 rings (SSSR count). The zero-order chi connectivity index (χ0) is 62.0. The highest BCUT2D eigenvalue weighted by Gasteiger charge is 2.29. The Morgan fingerprint density at radius 1 is 0.477 bits per heavy atom. The van der Waals surface area contributed by atoms with Crippen LogP contribution in [0.1, 0.15) is 65.0 Å². The van der Waals surface area contributed by atoms with Gasteiger partial charge in [-0.05, 0) is 74.2 Å². The molecule has 24 nitrogen and oxygen atoms in total. The number of benzene rings is 3. The van der Waals surface area contributed by atoms with Gasteiger partial charge in [0.1, 0.15) is 29.5 Å². The number of hydrogen-bond donors (Lipinski definition) is 1. The van der Waals surface area contributed by atoms with E-state index < -0.39 is 40.0 Å². The molecule has 86 heavy (non-hydrogen) atoms. The molecule has 3 aromatic carbocycles. The first kappa shape index (κ1) is 73.7. The minimum Gasteiger partial charge on any atom is -0.486 e. The van der Waals surface area contributed by atoms with E-state index in [-0.39, 0.29) is 82.7 Å². The second kappa shape index (κ2) is 44.6. The number of aromatic nitrogens is 1. The lowest BCUT2D eigenvalue weighted by molar-refractivity contribution is -0.645. The highest BCUT2D eigenvalue weighted by atomic mass is 32.2. The third-order valence-electron chi connectivity index (χ3n) is 12.5. The number of hydrogen-bond acceptors (Lipinski definition) is 22. The van der Waals surface area contributed by atoms with Gasteiger partial charge in [-0.1, -0.05) is 13.8 Å². The van der Waals surface area contributed by atoms with Gasteiger partial charge in [-0.2, -0.15) is 13.0 Å². The molecule has 0 aliphatic rings. The second-order valence-electron chi connectivity index (χ2n) is 19.5. The van der Waals surface area contributed by atoms with Crippen LogP contribution >= 0.6 is 0 Å². The summed E-state index contributed by atoms with van der Waals surface area (Å²) in [6.45, 7) is 16.7. The Morgan fingerprint density at radius 2 is 0.826 bits per heavy atom. The van der Waals surface area contributed by atoms with E-state index in [1.807, 2.05) is 18.4 Å². The van der Waals surface area contributed by atoms with Crippen LogP contribution in [0.3, 0.4) is 0 Å². The number of esters is 2. The fourth-order valence-corrected chi connectivity index (χ4v) is 8.98. The molecule has 1 heterocycles. The summed E-state index contributed by atoms with van der Waals surface area (Å²) in [6.07, 6.45) is 0.488. The summed E-state index contributed by atoms with van der Waals surface area (Å²) in [4.78, 5) is 27.9. The van der Waals surface area contributed by atoms with Crippen LogP contribution in [0.25, 0.3) is 21.8 Å². The van der Waals surface area contributed by atoms with Gasteiger partial charge in [0.15, 0.2) is 6.54 Å². The lowest BCUT2D eigenvalue weighted by Crippen LogP contribution is -2.37. The standard InChI is InChI=1S/C61H93NO23S/c1-8-16-71-22-24-75-30-34-79-43-52(44-80-35-31-76-25-23-72-17-9-2)83-50-11-13-56-54(41-50)58(61(64)85-59-47(3)39-49(40-48(59)4)60(63)70-7)55-42-51(12-14-57(55)62(56)15-10-38-86(65,66)67)84-53(45-81-36-32-77-28-26-73-20-18-68-5)46-82-37-33-78-29-27-74-21-19-69-6/h11-14,39-42,52-53H,8-10,15-38,43-46H2,1-7H3/p+1. The van der Waals surface area contributed by atoms with Gasteiger partial charge >= 0.3 is 11.9 Å². The average molecular weight is 1240 g/mol. The summed E-state index contributed by atoms with van der Waals surface area (Å²) in [5.74, 6) is -0.974. The van der Waals surface area contributed by atoms with E-state index in [0.29, 0.717) is 163 Å². The van der Waals surface area contributed by atoms with Gasteiger partial charge in [0, 0.05) is 46.0 Å². The van der Waals surface area contributed by atoms with Crippen molar-refractivity contribution in [2.24, 2.45) is 0 Å². The molecule has 0 aliphatic carbocycles. The first-order chi connectivity index (χ1) is 41.8. The van der Waals surface area contributed by atoms with Crippen molar-refractivity contribution in [3.05, 3.63) is 70.8 Å². The molecule has 4 aromatic rings. The molecule has 25 heteroatoms. The van der Waals surface area contributed by atoms with Gasteiger partial charge in [0.2, 0.25) is 11.0 Å². The van der Waals surface area contributed by atoms with Crippen LogP contribution in [0.5, 0.6) is 17.2 Å². The van der Waals surface area contributed by atoms with E-state index in [9.17, 15) is 17.8 Å². The average Bonchev–Trinajstić information content (AvgIpc) is 0.773. The van der Waals surface area contributed by atoms with E-state index in [2.05, 4.69) is 0 Å². The lowest BCUT2D eigenvalue weighted by Gasteiger charge is -2.21. The van der Waals surface area contributed by atoms with Gasteiger partial charge < -0.3 is 85.3 Å². The monoisotopic (exact) mass is 1240 g/mol. The minimum absolute atomic E-state index is 0.00645. The number of aryl methyl sites for hydroxylation is 3. The summed E-state index contributed by atoms with van der Waals surface area (Å²) in [5.41, 5.74) is 2.38. The molecule has 0 saturated carbocycles. The van der Waals surface area contributed by atoms with Crippen LogP contribution in [0, 0.1) is 13.8 Å². The van der Waals surface area contributed by atoms with Crippen molar-refractivity contribution in [1.29, 1.82) is 0 Å². The molecule has 0 atom stereocenters. The van der Waals surface area contributed by atoms with Crippen LogP contribution in [0.2, 0.25) is 0 Å². The van der Waals surface area contributed by atoms with E-state index in [1.165, 1.54) is 7.11 Å². The van der Waals surface area contributed by atoms with Crippen LogP contribution in [-0.4, -0.2) is 236 Å². The van der Waals surface area contributed by atoms with E-state index in [0.717, 1.165) is 12.8 Å². The third kappa shape index (κ3) is 29.5. The van der Waals surface area contributed by atoms with Gasteiger partial charge in [-0.25, -0.2) is 9.59 Å². The van der Waals surface area contributed by atoms with Crippen molar-refractivity contribution in [2.75, 3.05) is 199 Å². The largest absolute Gasteiger partial charge is 0.486 e. The minimum atomic E-state index is -4.36.